The van der Waals surface area contributed by atoms with Gasteiger partial charge in [-0.1, -0.05) is 0 Å². The van der Waals surface area contributed by atoms with Crippen LogP contribution in [0.3, 0.4) is 0 Å². The molecular weight excluding hydrogens is 270 g/mol. The Balaban J connectivity index is 1.65. The van der Waals surface area contributed by atoms with Crippen LogP contribution in [-0.4, -0.2) is 48.3 Å². The van der Waals surface area contributed by atoms with E-state index in [1.165, 1.54) is 0 Å². The SMILES string of the molecule is Cc1ccc(CCC(=O)N2CCC(OCCCO)CC2)o1. The van der Waals surface area contributed by atoms with Crippen molar-refractivity contribution in [2.45, 2.75) is 45.1 Å². The number of aliphatic hydroxyl groups is 1. The minimum atomic E-state index is 0.170. The van der Waals surface area contributed by atoms with Gasteiger partial charge in [0.15, 0.2) is 0 Å². The Hall–Kier alpha value is -1.33. The van der Waals surface area contributed by atoms with Crippen LogP contribution < -0.4 is 0 Å². The van der Waals surface area contributed by atoms with E-state index in [4.69, 9.17) is 14.3 Å². The van der Waals surface area contributed by atoms with E-state index in [9.17, 15) is 4.79 Å². The lowest BCUT2D eigenvalue weighted by molar-refractivity contribution is -0.133. The molecule has 2 rings (SSSR count). The van der Waals surface area contributed by atoms with E-state index in [-0.39, 0.29) is 18.6 Å². The average molecular weight is 295 g/mol. The second-order valence-electron chi connectivity index (χ2n) is 5.54. The molecule has 1 fully saturated rings. The van der Waals surface area contributed by atoms with Crippen LogP contribution in [0.2, 0.25) is 0 Å². The minimum absolute atomic E-state index is 0.170. The van der Waals surface area contributed by atoms with Gasteiger partial charge in [0, 0.05) is 39.1 Å². The highest BCUT2D eigenvalue weighted by Gasteiger charge is 2.23. The molecule has 118 valence electrons. The lowest BCUT2D eigenvalue weighted by atomic mass is 10.1. The van der Waals surface area contributed by atoms with Gasteiger partial charge in [-0.05, 0) is 38.3 Å². The first kappa shape index (κ1) is 16.0. The molecule has 0 atom stereocenters. The molecule has 5 nitrogen and oxygen atoms in total. The zero-order chi connectivity index (χ0) is 15.1. The van der Waals surface area contributed by atoms with Crippen LogP contribution in [0, 0.1) is 6.92 Å². The summed E-state index contributed by atoms with van der Waals surface area (Å²) in [4.78, 5) is 14.1. The number of rotatable bonds is 7. The summed E-state index contributed by atoms with van der Waals surface area (Å²) >= 11 is 0. The summed E-state index contributed by atoms with van der Waals surface area (Å²) in [7, 11) is 0. The maximum atomic E-state index is 12.2. The van der Waals surface area contributed by atoms with Crippen molar-refractivity contribution in [3.8, 4) is 0 Å². The van der Waals surface area contributed by atoms with Gasteiger partial charge in [-0.2, -0.15) is 0 Å². The fourth-order valence-corrected chi connectivity index (χ4v) is 2.59. The average Bonchev–Trinajstić information content (AvgIpc) is 2.91. The van der Waals surface area contributed by atoms with Gasteiger partial charge in [0.2, 0.25) is 5.91 Å². The van der Waals surface area contributed by atoms with E-state index >= 15 is 0 Å². The van der Waals surface area contributed by atoms with Gasteiger partial charge in [-0.3, -0.25) is 4.79 Å². The number of likely N-dealkylation sites (tertiary alicyclic amines) is 1. The molecule has 1 saturated heterocycles. The molecule has 1 amide bonds. The number of carbonyl (C=O) groups excluding carboxylic acids is 1. The molecule has 0 spiro atoms. The molecule has 1 aliphatic heterocycles. The quantitative estimate of drug-likeness (QED) is 0.781. The fourth-order valence-electron chi connectivity index (χ4n) is 2.59. The van der Waals surface area contributed by atoms with Gasteiger partial charge in [0.05, 0.1) is 6.10 Å². The van der Waals surface area contributed by atoms with Crippen molar-refractivity contribution in [2.75, 3.05) is 26.3 Å². The lowest BCUT2D eigenvalue weighted by Gasteiger charge is -2.32. The largest absolute Gasteiger partial charge is 0.466 e. The number of aryl methyl sites for hydroxylation is 2. The maximum absolute atomic E-state index is 12.2. The van der Waals surface area contributed by atoms with Crippen LogP contribution in [-0.2, 0) is 16.0 Å². The molecule has 21 heavy (non-hydrogen) atoms. The molecule has 1 N–H and O–H groups in total. The Kier molecular flexibility index (Phi) is 6.26. The highest BCUT2D eigenvalue weighted by atomic mass is 16.5. The number of carbonyl (C=O) groups is 1. The monoisotopic (exact) mass is 295 g/mol. The molecule has 0 bridgehead atoms. The fraction of sp³-hybridized carbons (Fsp3) is 0.688. The van der Waals surface area contributed by atoms with Gasteiger partial charge in [0.1, 0.15) is 11.5 Å². The van der Waals surface area contributed by atoms with Gasteiger partial charge in [-0.25, -0.2) is 0 Å². The Morgan fingerprint density at radius 2 is 2.19 bits per heavy atom. The zero-order valence-electron chi connectivity index (χ0n) is 12.7. The Bertz CT molecular complexity index is 435. The number of ether oxygens (including phenoxy) is 1. The van der Waals surface area contributed by atoms with E-state index in [0.29, 0.717) is 25.9 Å². The number of amides is 1. The van der Waals surface area contributed by atoms with Gasteiger partial charge >= 0.3 is 0 Å². The van der Waals surface area contributed by atoms with Gasteiger partial charge < -0.3 is 19.2 Å². The number of nitrogens with zero attached hydrogens (tertiary/aromatic N) is 1. The topological polar surface area (TPSA) is 62.9 Å². The smallest absolute Gasteiger partial charge is 0.223 e. The van der Waals surface area contributed by atoms with Crippen LogP contribution in [0.1, 0.15) is 37.2 Å². The molecule has 1 aromatic heterocycles. The third kappa shape index (κ3) is 5.17. The van der Waals surface area contributed by atoms with E-state index in [1.807, 2.05) is 24.0 Å². The number of hydrogen-bond acceptors (Lipinski definition) is 4. The van der Waals surface area contributed by atoms with Gasteiger partial charge in [-0.15, -0.1) is 0 Å². The van der Waals surface area contributed by atoms with Crippen molar-refractivity contribution in [2.24, 2.45) is 0 Å². The van der Waals surface area contributed by atoms with Crippen LogP contribution in [0.15, 0.2) is 16.5 Å². The first-order chi connectivity index (χ1) is 10.2. The standard InChI is InChI=1S/C16H25NO4/c1-13-3-4-15(21-13)5-6-16(19)17-9-7-14(8-10-17)20-12-2-11-18/h3-4,14,18H,2,5-12H2,1H3. The van der Waals surface area contributed by atoms with Gasteiger partial charge in [0.25, 0.3) is 0 Å². The minimum Gasteiger partial charge on any atom is -0.466 e. The summed E-state index contributed by atoms with van der Waals surface area (Å²) in [6.45, 7) is 4.21. The number of furan rings is 1. The summed E-state index contributed by atoms with van der Waals surface area (Å²) in [6.07, 6.45) is 3.85. The molecule has 0 unspecified atom stereocenters. The molecule has 0 aliphatic carbocycles. The van der Waals surface area contributed by atoms with Crippen molar-refractivity contribution in [3.05, 3.63) is 23.7 Å². The Morgan fingerprint density at radius 1 is 1.43 bits per heavy atom. The van der Waals surface area contributed by atoms with Crippen LogP contribution in [0.25, 0.3) is 0 Å². The Labute approximate surface area is 125 Å². The highest BCUT2D eigenvalue weighted by molar-refractivity contribution is 5.76. The van der Waals surface area contributed by atoms with Crippen molar-refractivity contribution >= 4 is 5.91 Å². The predicted octanol–water partition coefficient (Wildman–Crippen LogP) is 1.91. The number of aliphatic hydroxyl groups excluding tert-OH is 1. The van der Waals surface area contributed by atoms with Crippen molar-refractivity contribution in [3.63, 3.8) is 0 Å². The highest BCUT2D eigenvalue weighted by Crippen LogP contribution is 2.16. The normalized spacial score (nSPS) is 16.4. The third-order valence-corrected chi connectivity index (χ3v) is 3.83. The van der Waals surface area contributed by atoms with E-state index in [0.717, 1.165) is 37.5 Å². The van der Waals surface area contributed by atoms with Crippen molar-refractivity contribution in [1.82, 2.24) is 4.90 Å². The molecule has 0 radical (unpaired) electrons. The molecule has 0 saturated carbocycles. The van der Waals surface area contributed by atoms with Crippen LogP contribution >= 0.6 is 0 Å². The van der Waals surface area contributed by atoms with Crippen LogP contribution in [0.4, 0.5) is 0 Å². The predicted molar refractivity (Wildman–Crippen MR) is 79.0 cm³/mol. The third-order valence-electron chi connectivity index (χ3n) is 3.83. The molecule has 0 aromatic carbocycles. The zero-order valence-corrected chi connectivity index (χ0v) is 12.7. The summed E-state index contributed by atoms with van der Waals surface area (Å²) in [5, 5.41) is 8.72. The maximum Gasteiger partial charge on any atom is 0.223 e. The van der Waals surface area contributed by atoms with E-state index in [1.54, 1.807) is 0 Å². The summed E-state index contributed by atoms with van der Waals surface area (Å²) in [5.74, 6) is 1.96. The second kappa shape index (κ2) is 8.20. The molecular formula is C16H25NO4. The summed E-state index contributed by atoms with van der Waals surface area (Å²) in [6, 6.07) is 3.86. The number of hydrogen-bond donors (Lipinski definition) is 1. The summed E-state index contributed by atoms with van der Waals surface area (Å²) < 4.78 is 11.2. The molecule has 5 heteroatoms. The molecule has 2 heterocycles. The Morgan fingerprint density at radius 3 is 2.81 bits per heavy atom. The first-order valence-electron chi connectivity index (χ1n) is 7.74. The van der Waals surface area contributed by atoms with E-state index in [2.05, 4.69) is 0 Å². The molecule has 1 aromatic rings. The lowest BCUT2D eigenvalue weighted by Crippen LogP contribution is -2.41. The summed E-state index contributed by atoms with van der Waals surface area (Å²) in [5.41, 5.74) is 0. The second-order valence-corrected chi connectivity index (χ2v) is 5.54. The van der Waals surface area contributed by atoms with Crippen molar-refractivity contribution in [1.29, 1.82) is 0 Å². The van der Waals surface area contributed by atoms with E-state index < -0.39 is 0 Å². The first-order valence-corrected chi connectivity index (χ1v) is 7.74. The molecule has 1 aliphatic rings. The van der Waals surface area contributed by atoms with Crippen molar-refractivity contribution < 1.29 is 19.1 Å². The van der Waals surface area contributed by atoms with Crippen LogP contribution in [0.5, 0.6) is 0 Å². The number of piperidine rings is 1.